The van der Waals surface area contributed by atoms with Gasteiger partial charge in [0.15, 0.2) is 5.82 Å². The molecule has 0 bridgehead atoms. The van der Waals surface area contributed by atoms with Gasteiger partial charge in [0.05, 0.1) is 17.1 Å². The maximum Gasteiger partial charge on any atom is 0.320 e. The molecule has 4 heterocycles. The highest BCUT2D eigenvalue weighted by Crippen LogP contribution is 2.49. The van der Waals surface area contributed by atoms with Gasteiger partial charge in [-0.05, 0) is 94.1 Å². The third-order valence-electron chi connectivity index (χ3n) is 8.58. The fourth-order valence-corrected chi connectivity index (χ4v) is 6.31. The van der Waals surface area contributed by atoms with Crippen molar-refractivity contribution in [3.8, 4) is 11.1 Å². The monoisotopic (exact) mass is 503 g/mol. The first kappa shape index (κ1) is 23.9. The van der Waals surface area contributed by atoms with Crippen molar-refractivity contribution >= 4 is 34.0 Å². The minimum absolute atomic E-state index is 0.0407. The van der Waals surface area contributed by atoms with Crippen LogP contribution in [0.25, 0.3) is 21.9 Å². The molecule has 8 nitrogen and oxygen atoms in total. The Morgan fingerprint density at radius 2 is 1.97 bits per heavy atom. The Hall–Kier alpha value is -3.46. The van der Waals surface area contributed by atoms with E-state index in [0.717, 1.165) is 62.3 Å². The number of pyridine rings is 2. The van der Waals surface area contributed by atoms with Crippen LogP contribution in [0.2, 0.25) is 0 Å². The highest BCUT2D eigenvalue weighted by molar-refractivity contribution is 6.00. The maximum atomic E-state index is 15.4. The number of fused-ring (bicyclic) bond motifs is 2. The highest BCUT2D eigenvalue weighted by Gasteiger charge is 2.45. The molecule has 6 rings (SSSR count). The average Bonchev–Trinajstić information content (AvgIpc) is 2.87. The largest absolute Gasteiger partial charge is 0.396 e. The van der Waals surface area contributed by atoms with Gasteiger partial charge in [-0.3, -0.25) is 10.3 Å². The number of piperidine rings is 1. The molecule has 1 aliphatic carbocycles. The molecule has 1 saturated heterocycles. The highest BCUT2D eigenvalue weighted by atomic mass is 19.1. The molecule has 2 amide bonds. The fraction of sp³-hybridized carbons (Fsp3) is 0.464. The molecule has 1 spiro atoms. The Morgan fingerprint density at radius 1 is 1.19 bits per heavy atom. The summed E-state index contributed by atoms with van der Waals surface area (Å²) in [7, 11) is 2.17. The van der Waals surface area contributed by atoms with Crippen LogP contribution < -0.4 is 21.7 Å². The second-order valence-corrected chi connectivity index (χ2v) is 11.1. The molecule has 2 aliphatic heterocycles. The van der Waals surface area contributed by atoms with Crippen LogP contribution in [0.15, 0.2) is 24.5 Å². The second kappa shape index (κ2) is 9.13. The molecule has 5 N–H and O–H groups in total. The molecule has 3 aliphatic rings. The number of aryl methyl sites for hydroxylation is 1. The van der Waals surface area contributed by atoms with Gasteiger partial charge < -0.3 is 21.3 Å². The van der Waals surface area contributed by atoms with Crippen molar-refractivity contribution in [3.05, 3.63) is 41.6 Å². The van der Waals surface area contributed by atoms with Crippen LogP contribution in [-0.2, 0) is 6.42 Å². The summed E-state index contributed by atoms with van der Waals surface area (Å²) in [4.78, 5) is 24.0. The molecule has 2 fully saturated rings. The second-order valence-electron chi connectivity index (χ2n) is 11.1. The predicted molar refractivity (Wildman–Crippen MR) is 145 cm³/mol. The third kappa shape index (κ3) is 4.35. The van der Waals surface area contributed by atoms with Gasteiger partial charge in [0, 0.05) is 41.5 Å². The summed E-state index contributed by atoms with van der Waals surface area (Å²) in [5.41, 5.74) is 10.7. The van der Waals surface area contributed by atoms with E-state index in [0.29, 0.717) is 33.1 Å². The Balaban J connectivity index is 1.21. The molecule has 3 aromatic rings. The van der Waals surface area contributed by atoms with Crippen LogP contribution in [0.1, 0.15) is 43.4 Å². The van der Waals surface area contributed by atoms with Crippen molar-refractivity contribution in [3.63, 3.8) is 0 Å². The summed E-state index contributed by atoms with van der Waals surface area (Å²) in [6, 6.07) is 3.43. The van der Waals surface area contributed by atoms with Crippen molar-refractivity contribution in [1.29, 1.82) is 0 Å². The Labute approximate surface area is 216 Å². The van der Waals surface area contributed by atoms with Crippen molar-refractivity contribution in [1.82, 2.24) is 20.2 Å². The van der Waals surface area contributed by atoms with Crippen LogP contribution in [0.5, 0.6) is 0 Å². The molecule has 0 unspecified atom stereocenters. The number of anilines is 3. The lowest BCUT2D eigenvalue weighted by Crippen LogP contribution is -2.55. The summed E-state index contributed by atoms with van der Waals surface area (Å²) in [6.45, 7) is 5.11. The van der Waals surface area contributed by atoms with Gasteiger partial charge in [-0.1, -0.05) is 0 Å². The van der Waals surface area contributed by atoms with Crippen LogP contribution in [0.4, 0.5) is 26.4 Å². The van der Waals surface area contributed by atoms with Gasteiger partial charge in [0.1, 0.15) is 5.82 Å². The van der Waals surface area contributed by atoms with E-state index < -0.39 is 5.82 Å². The zero-order valence-electron chi connectivity index (χ0n) is 21.5. The van der Waals surface area contributed by atoms with Crippen molar-refractivity contribution < 1.29 is 9.18 Å². The number of urea groups is 1. The molecular weight excluding hydrogens is 469 g/mol. The molecule has 1 saturated carbocycles. The smallest absolute Gasteiger partial charge is 0.320 e. The zero-order chi connectivity index (χ0) is 25.7. The van der Waals surface area contributed by atoms with Gasteiger partial charge in [-0.2, -0.15) is 0 Å². The molecule has 37 heavy (non-hydrogen) atoms. The maximum absolute atomic E-state index is 15.4. The number of carbonyl (C=O) groups excluding carboxylic acids is 1. The lowest BCUT2D eigenvalue weighted by molar-refractivity contribution is 0.0179. The summed E-state index contributed by atoms with van der Waals surface area (Å²) in [6.07, 6.45) is 9.65. The Bertz CT molecular complexity index is 1370. The molecule has 1 aromatic carbocycles. The number of nitrogens with two attached hydrogens (primary N) is 1. The molecule has 9 heteroatoms. The summed E-state index contributed by atoms with van der Waals surface area (Å²) in [5.74, 6) is -0.0847. The molecule has 0 radical (unpaired) electrons. The summed E-state index contributed by atoms with van der Waals surface area (Å²) in [5, 5.41) is 10.6. The lowest BCUT2D eigenvalue weighted by Gasteiger charge is -2.51. The van der Waals surface area contributed by atoms with E-state index in [4.69, 9.17) is 5.73 Å². The fourth-order valence-electron chi connectivity index (χ4n) is 6.31. The molecular formula is C28H34FN7O. The average molecular weight is 504 g/mol. The van der Waals surface area contributed by atoms with Crippen LogP contribution in [0, 0.1) is 18.2 Å². The SMILES string of the molecule is Cc1c(-c2cc3cc(NC(=O)NC4CC5(CCN(C)CC5)C4)ncc3c(N)c2F)cnc2c1NCCC2. The van der Waals surface area contributed by atoms with Gasteiger partial charge in [-0.15, -0.1) is 0 Å². The number of nitrogen functional groups attached to an aromatic ring is 1. The van der Waals surface area contributed by atoms with E-state index in [-0.39, 0.29) is 17.8 Å². The predicted octanol–water partition coefficient (Wildman–Crippen LogP) is 4.68. The Kier molecular flexibility index (Phi) is 5.90. The number of rotatable bonds is 3. The van der Waals surface area contributed by atoms with Crippen LogP contribution in [0.3, 0.4) is 0 Å². The first-order valence-electron chi connectivity index (χ1n) is 13.2. The lowest BCUT2D eigenvalue weighted by atomic mass is 9.60. The zero-order valence-corrected chi connectivity index (χ0v) is 21.5. The van der Waals surface area contributed by atoms with Gasteiger partial charge in [-0.25, -0.2) is 14.2 Å². The number of halogens is 1. The van der Waals surface area contributed by atoms with Crippen LogP contribution in [-0.4, -0.2) is 53.6 Å². The van der Waals surface area contributed by atoms with E-state index in [1.165, 1.54) is 19.0 Å². The number of hydrogen-bond acceptors (Lipinski definition) is 6. The minimum Gasteiger partial charge on any atom is -0.396 e. The number of nitrogens with one attached hydrogen (secondary N) is 3. The molecule has 2 aromatic heterocycles. The number of amides is 2. The quantitative estimate of drug-likeness (QED) is 0.387. The molecule has 194 valence electrons. The van der Waals surface area contributed by atoms with Gasteiger partial charge in [0.25, 0.3) is 0 Å². The van der Waals surface area contributed by atoms with Gasteiger partial charge in [0.2, 0.25) is 0 Å². The third-order valence-corrected chi connectivity index (χ3v) is 8.58. The van der Waals surface area contributed by atoms with Crippen molar-refractivity contribution in [2.75, 3.05) is 43.0 Å². The minimum atomic E-state index is -0.485. The van der Waals surface area contributed by atoms with E-state index in [2.05, 4.69) is 37.9 Å². The number of nitrogens with zero attached hydrogens (tertiary/aromatic N) is 3. The summed E-state index contributed by atoms with van der Waals surface area (Å²) >= 11 is 0. The number of likely N-dealkylation sites (tertiary alicyclic amines) is 1. The van der Waals surface area contributed by atoms with Crippen molar-refractivity contribution in [2.45, 2.75) is 51.5 Å². The van der Waals surface area contributed by atoms with Gasteiger partial charge >= 0.3 is 6.03 Å². The Morgan fingerprint density at radius 3 is 2.76 bits per heavy atom. The standard InChI is InChI=1S/C28H34FN7O/c1-16-20(14-32-22-4-3-7-31-26(16)22)19-10-17-11-23(33-15-21(17)25(30)24(19)29)35-27(37)34-18-12-28(13-18)5-8-36(2)9-6-28/h10-11,14-15,18,31H,3-9,12-13,30H2,1-2H3,(H2,33,34,35,37). The van der Waals surface area contributed by atoms with E-state index >= 15 is 4.39 Å². The van der Waals surface area contributed by atoms with E-state index in [1.807, 2.05) is 6.92 Å². The number of hydrogen-bond donors (Lipinski definition) is 4. The normalized spacial score (nSPS) is 19.2. The topological polar surface area (TPSA) is 108 Å². The van der Waals surface area contributed by atoms with E-state index in [1.54, 1.807) is 18.3 Å². The van der Waals surface area contributed by atoms with Crippen LogP contribution >= 0.6 is 0 Å². The molecule has 0 atom stereocenters. The number of benzene rings is 1. The first-order valence-corrected chi connectivity index (χ1v) is 13.2. The number of aromatic nitrogens is 2. The summed E-state index contributed by atoms with van der Waals surface area (Å²) < 4.78 is 15.4. The van der Waals surface area contributed by atoms with Crippen molar-refractivity contribution in [2.24, 2.45) is 5.41 Å². The van der Waals surface area contributed by atoms with E-state index in [9.17, 15) is 4.79 Å². The first-order chi connectivity index (χ1) is 17.8. The number of carbonyl (C=O) groups is 1.